The monoisotopic (exact) mass is 251 g/mol. The molecule has 2 aromatic heterocycles. The number of hydrogen-bond acceptors (Lipinski definition) is 4. The molecule has 5 nitrogen and oxygen atoms in total. The number of aromatic nitrogens is 3. The highest BCUT2D eigenvalue weighted by molar-refractivity contribution is 7.13. The first-order valence-corrected chi connectivity index (χ1v) is 6.32. The standard InChI is InChI=1S/C11H13N3O2S/c1-2-3-6-14-10(8-5-4-7-17-8)9(11(15)16)12-13-14/h4-5,7H,2-3,6H2,1H3,(H,15,16). The van der Waals surface area contributed by atoms with Crippen LogP contribution in [0, 0.1) is 0 Å². The molecule has 0 aromatic carbocycles. The lowest BCUT2D eigenvalue weighted by atomic mass is 10.2. The van der Waals surface area contributed by atoms with E-state index >= 15 is 0 Å². The molecule has 0 saturated heterocycles. The molecule has 0 radical (unpaired) electrons. The highest BCUT2D eigenvalue weighted by Gasteiger charge is 2.20. The normalized spacial score (nSPS) is 10.6. The van der Waals surface area contributed by atoms with Crippen molar-refractivity contribution < 1.29 is 9.90 Å². The Morgan fingerprint density at radius 3 is 3.00 bits per heavy atom. The van der Waals surface area contributed by atoms with Gasteiger partial charge in [-0.2, -0.15) is 0 Å². The zero-order chi connectivity index (χ0) is 12.3. The fourth-order valence-electron chi connectivity index (χ4n) is 1.58. The molecule has 1 N–H and O–H groups in total. The number of nitrogens with zero attached hydrogens (tertiary/aromatic N) is 3. The molecule has 6 heteroatoms. The van der Waals surface area contributed by atoms with Crippen LogP contribution in [-0.4, -0.2) is 26.1 Å². The zero-order valence-corrected chi connectivity index (χ0v) is 10.3. The largest absolute Gasteiger partial charge is 0.476 e. The predicted octanol–water partition coefficient (Wildman–Crippen LogP) is 2.50. The van der Waals surface area contributed by atoms with E-state index in [1.807, 2.05) is 17.5 Å². The summed E-state index contributed by atoms with van der Waals surface area (Å²) in [4.78, 5) is 12.0. The molecular weight excluding hydrogens is 238 g/mol. The van der Waals surface area contributed by atoms with Gasteiger partial charge in [-0.15, -0.1) is 16.4 Å². The zero-order valence-electron chi connectivity index (χ0n) is 9.46. The third-order valence-electron chi connectivity index (χ3n) is 2.42. The highest BCUT2D eigenvalue weighted by atomic mass is 32.1. The SMILES string of the molecule is CCCCn1nnc(C(=O)O)c1-c1cccs1. The van der Waals surface area contributed by atoms with Crippen molar-refractivity contribution in [1.29, 1.82) is 0 Å². The summed E-state index contributed by atoms with van der Waals surface area (Å²) in [5.41, 5.74) is 0.643. The van der Waals surface area contributed by atoms with Gasteiger partial charge in [0.2, 0.25) is 0 Å². The molecule has 2 heterocycles. The minimum absolute atomic E-state index is 0.0311. The Morgan fingerprint density at radius 2 is 2.41 bits per heavy atom. The smallest absolute Gasteiger partial charge is 0.358 e. The molecule has 0 spiro atoms. The van der Waals surface area contributed by atoms with Crippen LogP contribution in [-0.2, 0) is 6.54 Å². The van der Waals surface area contributed by atoms with E-state index < -0.39 is 5.97 Å². The maximum absolute atomic E-state index is 11.1. The molecule has 0 fully saturated rings. The summed E-state index contributed by atoms with van der Waals surface area (Å²) in [5.74, 6) is -1.03. The molecule has 0 atom stereocenters. The Morgan fingerprint density at radius 1 is 1.59 bits per heavy atom. The third kappa shape index (κ3) is 2.36. The van der Waals surface area contributed by atoms with Crippen molar-refractivity contribution in [3.63, 3.8) is 0 Å². The first-order chi connectivity index (χ1) is 8.24. The topological polar surface area (TPSA) is 68.0 Å². The van der Waals surface area contributed by atoms with Crippen LogP contribution in [0.2, 0.25) is 0 Å². The van der Waals surface area contributed by atoms with Gasteiger partial charge in [0.05, 0.1) is 4.88 Å². The van der Waals surface area contributed by atoms with E-state index in [1.54, 1.807) is 4.68 Å². The molecule has 0 aliphatic rings. The molecule has 0 aliphatic heterocycles. The van der Waals surface area contributed by atoms with Crippen LogP contribution in [0.15, 0.2) is 17.5 Å². The molecule has 0 aliphatic carbocycles. The summed E-state index contributed by atoms with van der Waals surface area (Å²) < 4.78 is 1.68. The summed E-state index contributed by atoms with van der Waals surface area (Å²) in [7, 11) is 0. The van der Waals surface area contributed by atoms with Crippen molar-refractivity contribution in [1.82, 2.24) is 15.0 Å². The minimum atomic E-state index is -1.03. The van der Waals surface area contributed by atoms with Gasteiger partial charge < -0.3 is 5.11 Å². The van der Waals surface area contributed by atoms with Gasteiger partial charge in [0.15, 0.2) is 5.69 Å². The van der Waals surface area contributed by atoms with Gasteiger partial charge in [-0.1, -0.05) is 24.6 Å². The van der Waals surface area contributed by atoms with Crippen LogP contribution in [0.4, 0.5) is 0 Å². The number of unbranched alkanes of at least 4 members (excludes halogenated alkanes) is 1. The number of aromatic carboxylic acids is 1. The summed E-state index contributed by atoms with van der Waals surface area (Å²) in [6.45, 7) is 2.78. The van der Waals surface area contributed by atoms with Crippen LogP contribution in [0.3, 0.4) is 0 Å². The quantitative estimate of drug-likeness (QED) is 0.886. The Hall–Kier alpha value is -1.69. The van der Waals surface area contributed by atoms with E-state index in [0.717, 1.165) is 17.7 Å². The molecule has 2 rings (SSSR count). The molecule has 0 unspecified atom stereocenters. The van der Waals surface area contributed by atoms with Gasteiger partial charge in [0, 0.05) is 6.54 Å². The molecule has 2 aromatic rings. The maximum Gasteiger partial charge on any atom is 0.358 e. The summed E-state index contributed by atoms with van der Waals surface area (Å²) in [6, 6.07) is 3.78. The van der Waals surface area contributed by atoms with Crippen molar-refractivity contribution >= 4 is 17.3 Å². The molecule has 0 amide bonds. The predicted molar refractivity (Wildman–Crippen MR) is 65.2 cm³/mol. The maximum atomic E-state index is 11.1. The van der Waals surface area contributed by atoms with E-state index in [-0.39, 0.29) is 5.69 Å². The number of carboxylic acids is 1. The van der Waals surface area contributed by atoms with E-state index in [2.05, 4.69) is 17.2 Å². The number of thiophene rings is 1. The van der Waals surface area contributed by atoms with Gasteiger partial charge in [-0.3, -0.25) is 0 Å². The molecule has 0 saturated carbocycles. The van der Waals surface area contributed by atoms with E-state index in [9.17, 15) is 4.79 Å². The van der Waals surface area contributed by atoms with Crippen molar-refractivity contribution in [2.45, 2.75) is 26.3 Å². The average molecular weight is 251 g/mol. The minimum Gasteiger partial charge on any atom is -0.476 e. The molecule has 17 heavy (non-hydrogen) atoms. The highest BCUT2D eigenvalue weighted by Crippen LogP contribution is 2.27. The van der Waals surface area contributed by atoms with Crippen molar-refractivity contribution in [3.8, 4) is 10.6 Å². The van der Waals surface area contributed by atoms with Gasteiger partial charge in [0.1, 0.15) is 5.69 Å². The average Bonchev–Trinajstić information content (AvgIpc) is 2.94. The number of carboxylic acid groups (broad SMARTS) is 1. The van der Waals surface area contributed by atoms with Crippen LogP contribution in [0.25, 0.3) is 10.6 Å². The fourth-order valence-corrected chi connectivity index (χ4v) is 2.35. The van der Waals surface area contributed by atoms with Crippen molar-refractivity contribution in [3.05, 3.63) is 23.2 Å². The number of aryl methyl sites for hydroxylation is 1. The van der Waals surface area contributed by atoms with Crippen LogP contribution in [0.5, 0.6) is 0 Å². The number of hydrogen-bond donors (Lipinski definition) is 1. The second-order valence-corrected chi connectivity index (χ2v) is 4.59. The first-order valence-electron chi connectivity index (χ1n) is 5.44. The van der Waals surface area contributed by atoms with Crippen LogP contribution >= 0.6 is 11.3 Å². The first kappa shape index (κ1) is 11.8. The Bertz CT molecular complexity index is 505. The Balaban J connectivity index is 2.44. The second kappa shape index (κ2) is 5.09. The molecule has 90 valence electrons. The van der Waals surface area contributed by atoms with E-state index in [1.165, 1.54) is 11.3 Å². The Kier molecular flexibility index (Phi) is 3.53. The van der Waals surface area contributed by atoms with Crippen molar-refractivity contribution in [2.75, 3.05) is 0 Å². The second-order valence-electron chi connectivity index (χ2n) is 3.65. The third-order valence-corrected chi connectivity index (χ3v) is 3.29. The fraction of sp³-hybridized carbons (Fsp3) is 0.364. The molecular formula is C11H13N3O2S. The van der Waals surface area contributed by atoms with Crippen LogP contribution in [0.1, 0.15) is 30.3 Å². The Labute approximate surface area is 103 Å². The molecule has 0 bridgehead atoms. The lowest BCUT2D eigenvalue weighted by molar-refractivity contribution is 0.0691. The van der Waals surface area contributed by atoms with Gasteiger partial charge in [-0.25, -0.2) is 9.48 Å². The lowest BCUT2D eigenvalue weighted by Gasteiger charge is -2.03. The van der Waals surface area contributed by atoms with Gasteiger partial charge in [0.25, 0.3) is 0 Å². The van der Waals surface area contributed by atoms with Gasteiger partial charge in [-0.05, 0) is 17.9 Å². The summed E-state index contributed by atoms with van der Waals surface area (Å²) in [5, 5.41) is 18.7. The van der Waals surface area contributed by atoms with E-state index in [0.29, 0.717) is 12.2 Å². The lowest BCUT2D eigenvalue weighted by Crippen LogP contribution is -2.04. The van der Waals surface area contributed by atoms with Crippen LogP contribution < -0.4 is 0 Å². The summed E-state index contributed by atoms with van der Waals surface area (Å²) >= 11 is 1.50. The number of rotatable bonds is 5. The number of carbonyl (C=O) groups is 1. The summed E-state index contributed by atoms with van der Waals surface area (Å²) in [6.07, 6.45) is 1.99. The van der Waals surface area contributed by atoms with E-state index in [4.69, 9.17) is 5.11 Å². The van der Waals surface area contributed by atoms with Crippen molar-refractivity contribution in [2.24, 2.45) is 0 Å². The van der Waals surface area contributed by atoms with Gasteiger partial charge >= 0.3 is 5.97 Å².